The molecule has 0 atom stereocenters. The molecule has 11 rings (SSSR count). The SMILES string of the molecule is [2H]C([2H])([2H])c1cc(C(C)(C)C)ccc1-c1ccc(-c2cccc(-c3cc(C(C)(C)C)cc(C(C)(C)C)c3)c2N2[CH-]N(c3[c-]c(Oc4[c-]c5c(cc4)c4ccccc4n5-c4ccc(C(C)(C)C)cn4)ccc3)c3ccccc32)cc1.[Pt]. The number of benzene rings is 8. The molecule has 2 aromatic heterocycles. The number of aryl methyl sites for hydroxylation is 1. The third-order valence-electron chi connectivity index (χ3n) is 14.9. The number of hydrogen-bond acceptors (Lipinski definition) is 4. The molecule has 0 N–H and O–H groups in total. The van der Waals surface area contributed by atoms with Crippen molar-refractivity contribution in [3.8, 4) is 50.7 Å². The molecule has 0 saturated carbocycles. The van der Waals surface area contributed by atoms with E-state index >= 15 is 0 Å². The summed E-state index contributed by atoms with van der Waals surface area (Å²) >= 11 is 0. The van der Waals surface area contributed by atoms with Gasteiger partial charge >= 0.3 is 0 Å². The molecule has 0 spiro atoms. The molecule has 0 bridgehead atoms. The summed E-state index contributed by atoms with van der Waals surface area (Å²) in [7, 11) is 0. The minimum Gasteiger partial charge on any atom is -0.509 e. The zero-order valence-corrected chi connectivity index (χ0v) is 48.6. The van der Waals surface area contributed by atoms with Gasteiger partial charge in [0.1, 0.15) is 5.82 Å². The van der Waals surface area contributed by atoms with Crippen LogP contribution < -0.4 is 14.5 Å². The van der Waals surface area contributed by atoms with Gasteiger partial charge < -0.3 is 19.1 Å². The second kappa shape index (κ2) is 20.0. The fourth-order valence-corrected chi connectivity index (χ4v) is 10.4. The summed E-state index contributed by atoms with van der Waals surface area (Å²) in [5.41, 5.74) is 16.2. The summed E-state index contributed by atoms with van der Waals surface area (Å²) in [6.45, 7) is 26.5. The van der Waals surface area contributed by atoms with Crippen molar-refractivity contribution in [2.24, 2.45) is 0 Å². The van der Waals surface area contributed by atoms with E-state index in [4.69, 9.17) is 13.8 Å². The van der Waals surface area contributed by atoms with Gasteiger partial charge in [-0.05, 0) is 108 Å². The van der Waals surface area contributed by atoms with Crippen molar-refractivity contribution in [1.29, 1.82) is 0 Å². The van der Waals surface area contributed by atoms with Gasteiger partial charge in [-0.15, -0.1) is 48.1 Å². The van der Waals surface area contributed by atoms with Gasteiger partial charge in [0.2, 0.25) is 0 Å². The van der Waals surface area contributed by atoms with Crippen LogP contribution in [0.1, 0.15) is 115 Å². The predicted octanol–water partition coefficient (Wildman–Crippen LogP) is 19.5. The van der Waals surface area contributed by atoms with Crippen LogP contribution in [0.3, 0.4) is 0 Å². The smallest absolute Gasteiger partial charge is 0.135 e. The number of ether oxygens (including phenoxy) is 1. The van der Waals surface area contributed by atoms with E-state index in [1.165, 1.54) is 16.7 Å². The first-order chi connectivity index (χ1) is 37.3. The molecule has 0 radical (unpaired) electrons. The Hall–Kier alpha value is -7.20. The van der Waals surface area contributed by atoms with Crippen LogP contribution in [0, 0.1) is 25.7 Å². The molecule has 3 heterocycles. The molecule has 5 nitrogen and oxygen atoms in total. The summed E-state index contributed by atoms with van der Waals surface area (Å²) in [5, 5.41) is 2.18. The Morgan fingerprint density at radius 2 is 1.06 bits per heavy atom. The fourth-order valence-electron chi connectivity index (χ4n) is 10.4. The first-order valence-electron chi connectivity index (χ1n) is 28.0. The van der Waals surface area contributed by atoms with Crippen LogP contribution in [0.15, 0.2) is 176 Å². The Morgan fingerprint density at radius 3 is 1.70 bits per heavy atom. The van der Waals surface area contributed by atoms with Crippen LogP contribution in [-0.2, 0) is 42.7 Å². The minimum atomic E-state index is -2.29. The zero-order valence-electron chi connectivity index (χ0n) is 49.3. The average molecular weight is 1190 g/mol. The summed E-state index contributed by atoms with van der Waals surface area (Å²) in [6, 6.07) is 66.5. The molecule has 0 fully saturated rings. The second-order valence-corrected chi connectivity index (χ2v) is 24.5. The van der Waals surface area contributed by atoms with Gasteiger partial charge in [0.25, 0.3) is 0 Å². The molecule has 1 aliphatic heterocycles. The monoisotopic (exact) mass is 1190 g/mol. The summed E-state index contributed by atoms with van der Waals surface area (Å²) in [5.74, 6) is 1.94. The molecule has 77 heavy (non-hydrogen) atoms. The van der Waals surface area contributed by atoms with Crippen LogP contribution in [-0.4, -0.2) is 9.55 Å². The van der Waals surface area contributed by atoms with Gasteiger partial charge in [-0.1, -0.05) is 204 Å². The van der Waals surface area contributed by atoms with E-state index in [0.717, 1.165) is 83.8 Å². The van der Waals surface area contributed by atoms with Crippen molar-refractivity contribution < 1.29 is 29.9 Å². The molecular weight excluding hydrogens is 1120 g/mol. The topological polar surface area (TPSA) is 33.5 Å². The molecule has 10 aromatic rings. The zero-order chi connectivity index (χ0) is 56.0. The van der Waals surface area contributed by atoms with Gasteiger partial charge in [0.15, 0.2) is 0 Å². The predicted molar refractivity (Wildman–Crippen MR) is 320 cm³/mol. The van der Waals surface area contributed by atoms with Crippen molar-refractivity contribution >= 4 is 44.6 Å². The van der Waals surface area contributed by atoms with Gasteiger partial charge in [-0.2, -0.15) is 12.1 Å². The Bertz CT molecular complexity index is 3910. The van der Waals surface area contributed by atoms with E-state index in [9.17, 15) is 0 Å². The molecule has 0 unspecified atom stereocenters. The number of rotatable bonds is 8. The van der Waals surface area contributed by atoms with Crippen LogP contribution in [0.2, 0.25) is 0 Å². The third-order valence-corrected chi connectivity index (χ3v) is 14.9. The first kappa shape index (κ1) is 49.4. The van der Waals surface area contributed by atoms with E-state index in [-0.39, 0.29) is 42.7 Å². The number of nitrogens with zero attached hydrogens (tertiary/aromatic N) is 4. The molecule has 0 amide bonds. The van der Waals surface area contributed by atoms with Crippen molar-refractivity contribution in [3.05, 3.63) is 223 Å². The van der Waals surface area contributed by atoms with E-state index in [1.54, 1.807) is 0 Å². The Balaban J connectivity index is 0.00000720. The quantitative estimate of drug-likeness (QED) is 0.142. The number of pyridine rings is 1. The van der Waals surface area contributed by atoms with Crippen molar-refractivity contribution in [2.45, 2.75) is 112 Å². The number of hydrogen-bond donors (Lipinski definition) is 0. The summed E-state index contributed by atoms with van der Waals surface area (Å²) in [6.07, 6.45) is 1.98. The van der Waals surface area contributed by atoms with Crippen molar-refractivity contribution in [1.82, 2.24) is 9.55 Å². The van der Waals surface area contributed by atoms with Crippen LogP contribution in [0.25, 0.3) is 61.0 Å². The van der Waals surface area contributed by atoms with E-state index in [2.05, 4.69) is 256 Å². The maximum Gasteiger partial charge on any atom is 0.135 e. The maximum atomic E-state index is 8.58. The number of anilines is 4. The van der Waals surface area contributed by atoms with Gasteiger partial charge in [-0.3, -0.25) is 0 Å². The molecule has 1 aliphatic rings. The van der Waals surface area contributed by atoms with Crippen LogP contribution >= 0.6 is 0 Å². The summed E-state index contributed by atoms with van der Waals surface area (Å²) in [4.78, 5) is 9.48. The molecular formula is C71H69N4OPt-3. The summed E-state index contributed by atoms with van der Waals surface area (Å²) < 4.78 is 34.6. The molecule has 392 valence electrons. The fraction of sp³-hybridized carbons (Fsp3) is 0.239. The minimum absolute atomic E-state index is 0. The van der Waals surface area contributed by atoms with E-state index in [0.29, 0.717) is 22.6 Å². The van der Waals surface area contributed by atoms with Gasteiger partial charge in [0, 0.05) is 76.6 Å². The van der Waals surface area contributed by atoms with E-state index < -0.39 is 6.85 Å². The normalized spacial score (nSPS) is 13.8. The number of para-hydroxylation sites is 4. The van der Waals surface area contributed by atoms with E-state index in [1.807, 2.05) is 36.5 Å². The third kappa shape index (κ3) is 10.3. The number of aromatic nitrogens is 2. The first-order valence-corrected chi connectivity index (χ1v) is 26.5. The molecule has 6 heteroatoms. The molecule has 0 saturated heterocycles. The van der Waals surface area contributed by atoms with Gasteiger partial charge in [0.05, 0.1) is 0 Å². The largest absolute Gasteiger partial charge is 0.509 e. The second-order valence-electron chi connectivity index (χ2n) is 24.5. The Morgan fingerprint density at radius 1 is 0.481 bits per heavy atom. The standard InChI is InChI=1S/C71H69N4O.Pt/c1-46-38-50(68(2,3)4)32-35-57(46)47-28-30-48(31-29-47)58-23-19-24-59(49-39-52(70(8,9)10)41-53(40-49)71(11,12)13)67(58)74-45-73(63-26-16-17-27-64(63)74)54-20-18-21-55(42-54)76-56-34-36-61-60-22-14-15-25-62(60)75(65(61)43-56)66-37-33-51(44-72-66)69(5,6)7;/h14-41,44-45H,1-13H3;/q-3;/i1D3;. The van der Waals surface area contributed by atoms with Crippen LogP contribution in [0.4, 0.5) is 22.7 Å². The van der Waals surface area contributed by atoms with Crippen LogP contribution in [0.5, 0.6) is 11.5 Å². The van der Waals surface area contributed by atoms with Gasteiger partial charge in [-0.25, -0.2) is 4.98 Å². The Kier molecular flexibility index (Phi) is 12.8. The average Bonchev–Trinajstić information content (AvgIpc) is 4.14. The molecule has 8 aromatic carbocycles. The Labute approximate surface area is 476 Å². The van der Waals surface area contributed by atoms with Crippen molar-refractivity contribution in [3.63, 3.8) is 0 Å². The van der Waals surface area contributed by atoms with Crippen molar-refractivity contribution in [2.75, 3.05) is 9.80 Å². The number of fused-ring (bicyclic) bond motifs is 4. The maximum absolute atomic E-state index is 8.58. The molecule has 0 aliphatic carbocycles.